The van der Waals surface area contributed by atoms with Gasteiger partial charge in [-0.05, 0) is 54.3 Å². The van der Waals surface area contributed by atoms with Gasteiger partial charge in [-0.15, -0.1) is 11.3 Å². The van der Waals surface area contributed by atoms with Crippen molar-refractivity contribution in [3.05, 3.63) is 65.5 Å². The minimum atomic E-state index is -0.158. The van der Waals surface area contributed by atoms with E-state index in [0.29, 0.717) is 0 Å². The second-order valence-electron chi connectivity index (χ2n) is 7.30. The molecule has 124 valence electrons. The van der Waals surface area contributed by atoms with Crippen LogP contribution in [0.5, 0.6) is 0 Å². The number of rotatable bonds is 3. The summed E-state index contributed by atoms with van der Waals surface area (Å²) in [7, 11) is 2.01. The lowest BCUT2D eigenvalue weighted by Crippen LogP contribution is -2.48. The molecule has 4 rings (SSSR count). The Balaban J connectivity index is 1.72. The van der Waals surface area contributed by atoms with E-state index in [0.717, 1.165) is 23.9 Å². The largest absolute Gasteiger partial charge is 0.362 e. The standard InChI is InChI=1S/C21H24N2S/c1-14-12-21(3,22-15(2)23(14)4)18-9-10-20-19(11-18)17(13-24-20)8-7-16-5-6-16/h7-11,13,16,22H,1-2,5-6,12H2,3-4H3/b8-7+/t21-/m0/s1. The lowest BCUT2D eigenvalue weighted by Gasteiger charge is -2.43. The van der Waals surface area contributed by atoms with E-state index in [1.165, 1.54) is 34.1 Å². The Morgan fingerprint density at radius 3 is 2.83 bits per heavy atom. The molecule has 2 aliphatic rings. The molecule has 1 aromatic carbocycles. The Bertz CT molecular complexity index is 836. The molecule has 2 heterocycles. The van der Waals surface area contributed by atoms with Crippen LogP contribution in [0.2, 0.25) is 0 Å². The normalized spacial score (nSPS) is 24.8. The minimum Gasteiger partial charge on any atom is -0.362 e. The molecule has 1 saturated heterocycles. The van der Waals surface area contributed by atoms with Crippen molar-refractivity contribution in [1.82, 2.24) is 10.2 Å². The average Bonchev–Trinajstić information content (AvgIpc) is 3.29. The molecule has 0 radical (unpaired) electrons. The number of thiophene rings is 1. The number of benzene rings is 1. The van der Waals surface area contributed by atoms with Crippen LogP contribution in [0.4, 0.5) is 0 Å². The highest BCUT2D eigenvalue weighted by molar-refractivity contribution is 7.17. The minimum absolute atomic E-state index is 0.158. The van der Waals surface area contributed by atoms with Crippen molar-refractivity contribution in [1.29, 1.82) is 0 Å². The summed E-state index contributed by atoms with van der Waals surface area (Å²) in [6.07, 6.45) is 8.26. The molecule has 0 amide bonds. The molecule has 0 bridgehead atoms. The van der Waals surface area contributed by atoms with Gasteiger partial charge in [-0.25, -0.2) is 0 Å². The molecule has 1 N–H and O–H groups in total. The highest BCUT2D eigenvalue weighted by Crippen LogP contribution is 2.38. The Kier molecular flexibility index (Phi) is 3.57. The molecule has 3 heteroatoms. The molecule has 1 aromatic heterocycles. The fourth-order valence-corrected chi connectivity index (χ4v) is 4.30. The summed E-state index contributed by atoms with van der Waals surface area (Å²) in [5.41, 5.74) is 3.58. The first-order valence-electron chi connectivity index (χ1n) is 8.55. The van der Waals surface area contributed by atoms with Gasteiger partial charge in [0.15, 0.2) is 0 Å². The van der Waals surface area contributed by atoms with Crippen molar-refractivity contribution >= 4 is 27.5 Å². The van der Waals surface area contributed by atoms with Crippen molar-refractivity contribution in [2.75, 3.05) is 7.05 Å². The zero-order chi connectivity index (χ0) is 16.9. The van der Waals surface area contributed by atoms with Gasteiger partial charge >= 0.3 is 0 Å². The van der Waals surface area contributed by atoms with E-state index in [1.807, 2.05) is 23.3 Å². The van der Waals surface area contributed by atoms with Gasteiger partial charge in [-0.1, -0.05) is 31.4 Å². The maximum atomic E-state index is 4.21. The molecule has 1 saturated carbocycles. The van der Waals surface area contributed by atoms with Gasteiger partial charge in [0.2, 0.25) is 0 Å². The lowest BCUT2D eigenvalue weighted by atomic mass is 9.85. The molecular formula is C21H24N2S. The van der Waals surface area contributed by atoms with Crippen LogP contribution in [0.1, 0.15) is 37.3 Å². The van der Waals surface area contributed by atoms with Crippen LogP contribution >= 0.6 is 11.3 Å². The smallest absolute Gasteiger partial charge is 0.0985 e. The van der Waals surface area contributed by atoms with Crippen molar-refractivity contribution in [3.8, 4) is 0 Å². The molecule has 0 unspecified atom stereocenters. The van der Waals surface area contributed by atoms with E-state index < -0.39 is 0 Å². The molecule has 24 heavy (non-hydrogen) atoms. The number of allylic oxidation sites excluding steroid dienone is 1. The van der Waals surface area contributed by atoms with Crippen LogP contribution < -0.4 is 5.32 Å². The Labute approximate surface area is 148 Å². The summed E-state index contributed by atoms with van der Waals surface area (Å²) in [5.74, 6) is 1.72. The zero-order valence-electron chi connectivity index (χ0n) is 14.4. The molecule has 2 aromatic rings. The summed E-state index contributed by atoms with van der Waals surface area (Å²) in [6, 6.07) is 6.84. The van der Waals surface area contributed by atoms with Crippen LogP contribution in [0.3, 0.4) is 0 Å². The van der Waals surface area contributed by atoms with Crippen LogP contribution in [-0.2, 0) is 5.54 Å². The third-order valence-electron chi connectivity index (χ3n) is 5.27. The van der Waals surface area contributed by atoms with Crippen LogP contribution in [0, 0.1) is 5.92 Å². The number of fused-ring (bicyclic) bond motifs is 1. The van der Waals surface area contributed by atoms with Crippen LogP contribution in [-0.4, -0.2) is 11.9 Å². The molecule has 1 aliphatic heterocycles. The maximum Gasteiger partial charge on any atom is 0.0985 e. The molecule has 1 aliphatic carbocycles. The second-order valence-corrected chi connectivity index (χ2v) is 8.22. The van der Waals surface area contributed by atoms with Gasteiger partial charge in [-0.3, -0.25) is 0 Å². The molecule has 2 fully saturated rings. The molecular weight excluding hydrogens is 312 g/mol. The highest BCUT2D eigenvalue weighted by atomic mass is 32.1. The van der Waals surface area contributed by atoms with Gasteiger partial charge in [0.05, 0.1) is 11.4 Å². The Morgan fingerprint density at radius 1 is 1.33 bits per heavy atom. The third kappa shape index (κ3) is 2.67. The number of hydrogen-bond acceptors (Lipinski definition) is 3. The van der Waals surface area contributed by atoms with Gasteiger partial charge in [0.25, 0.3) is 0 Å². The third-order valence-corrected chi connectivity index (χ3v) is 6.25. The number of hydrogen-bond donors (Lipinski definition) is 1. The highest BCUT2D eigenvalue weighted by Gasteiger charge is 2.34. The van der Waals surface area contributed by atoms with E-state index >= 15 is 0 Å². The van der Waals surface area contributed by atoms with E-state index in [1.54, 1.807) is 0 Å². The Hall–Kier alpha value is -2.00. The molecule has 1 atom stereocenters. The average molecular weight is 337 g/mol. The lowest BCUT2D eigenvalue weighted by molar-refractivity contribution is 0.268. The monoisotopic (exact) mass is 336 g/mol. The van der Waals surface area contributed by atoms with E-state index in [9.17, 15) is 0 Å². The predicted molar refractivity (Wildman–Crippen MR) is 105 cm³/mol. The first-order chi connectivity index (χ1) is 11.5. The summed E-state index contributed by atoms with van der Waals surface area (Å²) in [5, 5.41) is 7.21. The van der Waals surface area contributed by atoms with Crippen LogP contribution in [0.25, 0.3) is 16.2 Å². The van der Waals surface area contributed by atoms with E-state index in [-0.39, 0.29) is 5.54 Å². The summed E-state index contributed by atoms with van der Waals surface area (Å²) >= 11 is 1.83. The zero-order valence-corrected chi connectivity index (χ0v) is 15.2. The molecule has 2 nitrogen and oxygen atoms in total. The first kappa shape index (κ1) is 15.5. The Morgan fingerprint density at radius 2 is 2.12 bits per heavy atom. The van der Waals surface area contributed by atoms with E-state index in [4.69, 9.17) is 0 Å². The number of nitrogens with zero attached hydrogens (tertiary/aromatic N) is 1. The van der Waals surface area contributed by atoms with Crippen molar-refractivity contribution in [2.24, 2.45) is 5.92 Å². The fourth-order valence-electron chi connectivity index (χ4n) is 3.39. The predicted octanol–water partition coefficient (Wildman–Crippen LogP) is 5.45. The van der Waals surface area contributed by atoms with Gasteiger partial charge < -0.3 is 10.2 Å². The van der Waals surface area contributed by atoms with Gasteiger partial charge in [0, 0.05) is 29.3 Å². The quantitative estimate of drug-likeness (QED) is 0.802. The van der Waals surface area contributed by atoms with E-state index in [2.05, 4.69) is 61.1 Å². The number of nitrogens with one attached hydrogen (secondary N) is 1. The first-order valence-corrected chi connectivity index (χ1v) is 9.43. The SMILES string of the molecule is C=C1C[C@@](C)(c2ccc3scc(/C=C/C4CC4)c3c2)NC(=C)N1C. The topological polar surface area (TPSA) is 15.3 Å². The van der Waals surface area contributed by atoms with Crippen LogP contribution in [0.15, 0.2) is 54.3 Å². The van der Waals surface area contributed by atoms with Gasteiger partial charge in [0.1, 0.15) is 0 Å². The summed E-state index contributed by atoms with van der Waals surface area (Å²) in [6.45, 7) is 10.6. The summed E-state index contributed by atoms with van der Waals surface area (Å²) < 4.78 is 1.35. The second kappa shape index (κ2) is 5.52. The maximum absolute atomic E-state index is 4.21. The van der Waals surface area contributed by atoms with Crippen molar-refractivity contribution in [2.45, 2.75) is 31.7 Å². The summed E-state index contributed by atoms with van der Waals surface area (Å²) in [4.78, 5) is 2.04. The van der Waals surface area contributed by atoms with Crippen molar-refractivity contribution < 1.29 is 0 Å². The van der Waals surface area contributed by atoms with Crippen molar-refractivity contribution in [3.63, 3.8) is 0 Å². The molecule has 0 spiro atoms. The van der Waals surface area contributed by atoms with Gasteiger partial charge in [-0.2, -0.15) is 0 Å². The fraction of sp³-hybridized carbons (Fsp3) is 0.333.